The fraction of sp³-hybridized carbons (Fsp3) is 0.0370. The van der Waals surface area contributed by atoms with Crippen LogP contribution in [0, 0.1) is 6.92 Å². The molecule has 0 fully saturated rings. The van der Waals surface area contributed by atoms with E-state index in [0.29, 0.717) is 22.9 Å². The number of para-hydroxylation sites is 2. The van der Waals surface area contributed by atoms with Crippen molar-refractivity contribution >= 4 is 46.5 Å². The molecule has 4 aromatic rings. The first-order valence-electron chi connectivity index (χ1n) is 10.7. The van der Waals surface area contributed by atoms with Crippen LogP contribution in [-0.4, -0.2) is 21.8 Å². The highest BCUT2D eigenvalue weighted by molar-refractivity contribution is 6.08. The number of nitrogens with one attached hydrogen (secondary N) is 2. The lowest BCUT2D eigenvalue weighted by atomic mass is 10.1. The molecule has 166 valence electrons. The summed E-state index contributed by atoms with van der Waals surface area (Å²) in [6.07, 6.45) is 4.82. The zero-order chi connectivity index (χ0) is 23.5. The van der Waals surface area contributed by atoms with Gasteiger partial charge in [0, 0.05) is 17.2 Å². The molecule has 5 rings (SSSR count). The first kappa shape index (κ1) is 21.1. The van der Waals surface area contributed by atoms with Gasteiger partial charge < -0.3 is 15.4 Å². The quantitative estimate of drug-likeness (QED) is 0.431. The van der Waals surface area contributed by atoms with Gasteiger partial charge in [-0.2, -0.15) is 0 Å². The van der Waals surface area contributed by atoms with Gasteiger partial charge >= 0.3 is 0 Å². The second-order valence-electron chi connectivity index (χ2n) is 7.75. The lowest BCUT2D eigenvalue weighted by Gasteiger charge is -2.19. The fourth-order valence-electron chi connectivity index (χ4n) is 3.46. The van der Waals surface area contributed by atoms with E-state index in [-0.39, 0.29) is 17.6 Å². The number of nitrogens with zero attached hydrogens (tertiary/aromatic N) is 2. The first-order valence-corrected chi connectivity index (χ1v) is 10.7. The molecule has 2 aromatic carbocycles. The van der Waals surface area contributed by atoms with Gasteiger partial charge in [-0.05, 0) is 66.6 Å². The molecular formula is C27H20N4O3. The Balaban J connectivity index is 1.24. The Labute approximate surface area is 195 Å². The van der Waals surface area contributed by atoms with Crippen molar-refractivity contribution in [2.75, 3.05) is 10.6 Å². The largest absolute Gasteiger partial charge is 0.449 e. The normalized spacial score (nSPS) is 14.0. The molecule has 7 nitrogen and oxygen atoms in total. The number of ether oxygens (including phenoxy) is 1. The lowest BCUT2D eigenvalue weighted by Crippen LogP contribution is -2.23. The van der Waals surface area contributed by atoms with Gasteiger partial charge in [-0.1, -0.05) is 36.4 Å². The Morgan fingerprint density at radius 1 is 0.941 bits per heavy atom. The number of aromatic nitrogens is 2. The maximum atomic E-state index is 12.3. The van der Waals surface area contributed by atoms with E-state index >= 15 is 0 Å². The maximum Gasteiger partial charge on any atom is 0.291 e. The molecule has 0 unspecified atom stereocenters. The second kappa shape index (κ2) is 8.99. The number of carbonyl (C=O) groups is 2. The van der Waals surface area contributed by atoms with Crippen LogP contribution in [0.5, 0.6) is 5.75 Å². The van der Waals surface area contributed by atoms with E-state index in [4.69, 9.17) is 4.74 Å². The van der Waals surface area contributed by atoms with Crippen LogP contribution in [0.3, 0.4) is 0 Å². The molecular weight excluding hydrogens is 428 g/mol. The molecule has 0 spiro atoms. The highest BCUT2D eigenvalue weighted by Crippen LogP contribution is 2.30. The zero-order valence-electron chi connectivity index (χ0n) is 18.3. The maximum absolute atomic E-state index is 12.3. The van der Waals surface area contributed by atoms with Gasteiger partial charge in [0.25, 0.3) is 5.91 Å². The fourth-order valence-corrected chi connectivity index (χ4v) is 3.46. The van der Waals surface area contributed by atoms with E-state index in [2.05, 4.69) is 20.6 Å². The molecule has 34 heavy (non-hydrogen) atoms. The molecule has 3 heterocycles. The highest BCUT2D eigenvalue weighted by atomic mass is 16.5. The number of anilines is 2. The number of amides is 2. The number of carbonyl (C=O) groups excluding carboxylic acids is 2. The topological polar surface area (TPSA) is 93.2 Å². The molecule has 0 radical (unpaired) electrons. The van der Waals surface area contributed by atoms with Crippen molar-refractivity contribution in [1.82, 2.24) is 9.97 Å². The van der Waals surface area contributed by atoms with E-state index in [0.717, 1.165) is 22.2 Å². The smallest absolute Gasteiger partial charge is 0.291 e. The molecule has 0 aliphatic carbocycles. The summed E-state index contributed by atoms with van der Waals surface area (Å²) in [5, 5.41) is 6.48. The SMILES string of the molecule is Cc1ccc2ccc(NC(=O)/C=C/c3ccc(/C=C4\Oc5ccccc5NC4=O)cc3)nc2n1. The third kappa shape index (κ3) is 4.68. The van der Waals surface area contributed by atoms with Gasteiger partial charge in [0.2, 0.25) is 5.91 Å². The minimum absolute atomic E-state index is 0.217. The molecule has 2 aromatic heterocycles. The van der Waals surface area contributed by atoms with E-state index in [1.54, 1.807) is 30.4 Å². The van der Waals surface area contributed by atoms with E-state index in [1.165, 1.54) is 6.08 Å². The summed E-state index contributed by atoms with van der Waals surface area (Å²) >= 11 is 0. The van der Waals surface area contributed by atoms with Crippen molar-refractivity contribution in [3.05, 3.63) is 101 Å². The minimum Gasteiger partial charge on any atom is -0.449 e. The molecule has 2 N–H and O–H groups in total. The van der Waals surface area contributed by atoms with Crippen LogP contribution in [0.1, 0.15) is 16.8 Å². The summed E-state index contributed by atoms with van der Waals surface area (Å²) < 4.78 is 5.72. The first-order chi connectivity index (χ1) is 16.5. The average Bonchev–Trinajstić information content (AvgIpc) is 2.84. The molecule has 7 heteroatoms. The van der Waals surface area contributed by atoms with Gasteiger partial charge in [-0.25, -0.2) is 9.97 Å². The Morgan fingerprint density at radius 3 is 2.56 bits per heavy atom. The molecule has 2 amide bonds. The summed E-state index contributed by atoms with van der Waals surface area (Å²) in [6.45, 7) is 1.90. The lowest BCUT2D eigenvalue weighted by molar-refractivity contribution is -0.115. The van der Waals surface area contributed by atoms with Crippen molar-refractivity contribution in [1.29, 1.82) is 0 Å². The number of hydrogen-bond donors (Lipinski definition) is 2. The second-order valence-corrected chi connectivity index (χ2v) is 7.75. The summed E-state index contributed by atoms with van der Waals surface area (Å²) in [5.74, 6) is 0.665. The van der Waals surface area contributed by atoms with Crippen molar-refractivity contribution in [3.8, 4) is 5.75 Å². The van der Waals surface area contributed by atoms with E-state index in [1.807, 2.05) is 61.5 Å². The van der Waals surface area contributed by atoms with Crippen molar-refractivity contribution < 1.29 is 14.3 Å². The molecule has 0 atom stereocenters. The van der Waals surface area contributed by atoms with Crippen LogP contribution in [0.2, 0.25) is 0 Å². The van der Waals surface area contributed by atoms with Crippen molar-refractivity contribution in [3.63, 3.8) is 0 Å². The third-order valence-electron chi connectivity index (χ3n) is 5.18. The minimum atomic E-state index is -0.299. The number of fused-ring (bicyclic) bond motifs is 2. The van der Waals surface area contributed by atoms with Crippen LogP contribution in [0.15, 0.2) is 84.6 Å². The molecule has 1 aliphatic heterocycles. The van der Waals surface area contributed by atoms with Crippen molar-refractivity contribution in [2.24, 2.45) is 0 Å². The number of aryl methyl sites for hydroxylation is 1. The van der Waals surface area contributed by atoms with E-state index < -0.39 is 0 Å². The Morgan fingerprint density at radius 2 is 1.71 bits per heavy atom. The average molecular weight is 448 g/mol. The summed E-state index contributed by atoms with van der Waals surface area (Å²) in [4.78, 5) is 33.4. The predicted octanol–water partition coefficient (Wildman–Crippen LogP) is 4.96. The third-order valence-corrected chi connectivity index (χ3v) is 5.18. The summed E-state index contributed by atoms with van der Waals surface area (Å²) in [5.41, 5.74) is 3.73. The molecule has 0 bridgehead atoms. The van der Waals surface area contributed by atoms with Gasteiger partial charge in [0.05, 0.1) is 5.69 Å². The van der Waals surface area contributed by atoms with Crippen molar-refractivity contribution in [2.45, 2.75) is 6.92 Å². The summed E-state index contributed by atoms with van der Waals surface area (Å²) in [6, 6.07) is 22.1. The van der Waals surface area contributed by atoms with Crippen LogP contribution < -0.4 is 15.4 Å². The zero-order valence-corrected chi connectivity index (χ0v) is 18.3. The number of pyridine rings is 2. The van der Waals surface area contributed by atoms with Gasteiger partial charge in [-0.15, -0.1) is 0 Å². The highest BCUT2D eigenvalue weighted by Gasteiger charge is 2.21. The standard InChI is InChI=1S/C27H20N4O3/c1-17-6-12-20-13-14-24(31-26(20)28-17)30-25(32)15-11-18-7-9-19(10-8-18)16-23-27(33)29-21-4-2-3-5-22(21)34-23/h2-16H,1H3,(H,29,33)(H,28,30,31,32)/b15-11+,23-16-. The number of rotatable bonds is 4. The molecule has 0 saturated heterocycles. The summed E-state index contributed by atoms with van der Waals surface area (Å²) in [7, 11) is 0. The molecule has 1 aliphatic rings. The number of benzene rings is 2. The van der Waals surface area contributed by atoms with E-state index in [9.17, 15) is 9.59 Å². The van der Waals surface area contributed by atoms with Gasteiger partial charge in [0.15, 0.2) is 17.2 Å². The Kier molecular flexibility index (Phi) is 5.58. The van der Waals surface area contributed by atoms with Crippen LogP contribution in [0.4, 0.5) is 11.5 Å². The van der Waals surface area contributed by atoms with Crippen LogP contribution in [0.25, 0.3) is 23.2 Å². The van der Waals surface area contributed by atoms with Crippen LogP contribution >= 0.6 is 0 Å². The number of hydrogen-bond acceptors (Lipinski definition) is 5. The Hall–Kier alpha value is -4.78. The van der Waals surface area contributed by atoms with Gasteiger partial charge in [-0.3, -0.25) is 9.59 Å². The predicted molar refractivity (Wildman–Crippen MR) is 132 cm³/mol. The monoisotopic (exact) mass is 448 g/mol. The van der Waals surface area contributed by atoms with Gasteiger partial charge in [0.1, 0.15) is 5.82 Å². The van der Waals surface area contributed by atoms with Crippen LogP contribution in [-0.2, 0) is 9.59 Å². The molecule has 0 saturated carbocycles. The Bertz CT molecular complexity index is 1470.